The van der Waals surface area contributed by atoms with Gasteiger partial charge in [0, 0.05) is 11.5 Å². The van der Waals surface area contributed by atoms with Gasteiger partial charge < -0.3 is 0 Å². The summed E-state index contributed by atoms with van der Waals surface area (Å²) in [4.78, 5) is 4.24. The van der Waals surface area contributed by atoms with Gasteiger partial charge in [0.15, 0.2) is 5.82 Å². The highest BCUT2D eigenvalue weighted by Gasteiger charge is 1.99. The van der Waals surface area contributed by atoms with Crippen molar-refractivity contribution in [2.24, 2.45) is 0 Å². The zero-order valence-electron chi connectivity index (χ0n) is 7.19. The average Bonchev–Trinajstić information content (AvgIpc) is 2.65. The van der Waals surface area contributed by atoms with Crippen LogP contribution in [0.15, 0.2) is 30.7 Å². The largest absolute Gasteiger partial charge is 0.237 e. The quantitative estimate of drug-likeness (QED) is 0.787. The zero-order valence-corrected chi connectivity index (χ0v) is 9.53. The van der Waals surface area contributed by atoms with E-state index < -0.39 is 0 Å². The summed E-state index contributed by atoms with van der Waals surface area (Å²) in [6, 6.07) is 3.90. The molecular weight excluding hydrogens is 265 g/mol. The van der Waals surface area contributed by atoms with Crippen LogP contribution in [-0.2, 0) is 5.33 Å². The Balaban J connectivity index is 2.33. The molecule has 0 spiro atoms. The van der Waals surface area contributed by atoms with Crippen LogP contribution in [0.1, 0.15) is 5.56 Å². The summed E-state index contributed by atoms with van der Waals surface area (Å²) < 4.78 is 1.64. The van der Waals surface area contributed by atoms with E-state index in [0.717, 1.165) is 16.7 Å². The lowest BCUT2D eigenvalue weighted by Gasteiger charge is -2.00. The Morgan fingerprint density at radius 2 is 2.21 bits per heavy atom. The van der Waals surface area contributed by atoms with E-state index in [2.05, 4.69) is 26.0 Å². The Bertz CT molecular complexity index is 424. The van der Waals surface area contributed by atoms with E-state index in [9.17, 15) is 0 Å². The molecule has 0 aliphatic heterocycles. The van der Waals surface area contributed by atoms with Crippen LogP contribution in [0.4, 0.5) is 0 Å². The van der Waals surface area contributed by atoms with Gasteiger partial charge >= 0.3 is 0 Å². The highest BCUT2D eigenvalue weighted by molar-refractivity contribution is 9.08. The maximum atomic E-state index is 5.75. The molecule has 2 aromatic heterocycles. The maximum absolute atomic E-state index is 5.75. The van der Waals surface area contributed by atoms with Crippen molar-refractivity contribution in [3.05, 3.63) is 41.3 Å². The van der Waals surface area contributed by atoms with Crippen LogP contribution >= 0.6 is 27.5 Å². The molecule has 5 heteroatoms. The molecular formula is C9H7BrClN3. The summed E-state index contributed by atoms with van der Waals surface area (Å²) in [5, 5.41) is 5.47. The van der Waals surface area contributed by atoms with Crippen molar-refractivity contribution in [3.63, 3.8) is 0 Å². The van der Waals surface area contributed by atoms with Crippen molar-refractivity contribution in [2.75, 3.05) is 0 Å². The molecule has 0 amide bonds. The van der Waals surface area contributed by atoms with Gasteiger partial charge in [0.25, 0.3) is 0 Å². The third kappa shape index (κ3) is 1.96. The van der Waals surface area contributed by atoms with Gasteiger partial charge in [0.2, 0.25) is 0 Å². The Morgan fingerprint density at radius 3 is 2.71 bits per heavy atom. The molecule has 0 aliphatic rings. The third-order valence-electron chi connectivity index (χ3n) is 1.75. The molecule has 72 valence electrons. The van der Waals surface area contributed by atoms with Crippen molar-refractivity contribution >= 4 is 27.5 Å². The molecule has 0 aromatic carbocycles. The van der Waals surface area contributed by atoms with Crippen molar-refractivity contribution in [1.82, 2.24) is 14.8 Å². The number of alkyl halides is 1. The average molecular weight is 273 g/mol. The Kier molecular flexibility index (Phi) is 2.84. The molecule has 0 saturated carbocycles. The molecule has 0 atom stereocenters. The predicted molar refractivity (Wildman–Crippen MR) is 59.0 cm³/mol. The molecule has 0 N–H and O–H groups in total. The summed E-state index contributed by atoms with van der Waals surface area (Å²) in [7, 11) is 0. The third-order valence-corrected chi connectivity index (χ3v) is 2.59. The standard InChI is InChI=1S/C9H7BrClN3/c10-3-7-1-2-9(12-4-7)14-6-8(11)5-13-14/h1-2,4-6H,3H2. The lowest BCUT2D eigenvalue weighted by atomic mass is 10.3. The van der Waals surface area contributed by atoms with Crippen LogP contribution in [0.5, 0.6) is 0 Å². The number of aromatic nitrogens is 3. The number of rotatable bonds is 2. The number of hydrogen-bond acceptors (Lipinski definition) is 2. The van der Waals surface area contributed by atoms with E-state index in [1.165, 1.54) is 0 Å². The van der Waals surface area contributed by atoms with Gasteiger partial charge in [0.1, 0.15) is 0 Å². The summed E-state index contributed by atoms with van der Waals surface area (Å²) in [5.41, 5.74) is 1.13. The van der Waals surface area contributed by atoms with Gasteiger partial charge in [-0.1, -0.05) is 33.6 Å². The molecule has 2 heterocycles. The lowest BCUT2D eigenvalue weighted by Crippen LogP contribution is -1.97. The highest BCUT2D eigenvalue weighted by Crippen LogP contribution is 2.11. The van der Waals surface area contributed by atoms with Crippen LogP contribution < -0.4 is 0 Å². The van der Waals surface area contributed by atoms with Crippen molar-refractivity contribution in [2.45, 2.75) is 5.33 Å². The van der Waals surface area contributed by atoms with E-state index in [1.807, 2.05) is 12.1 Å². The van der Waals surface area contributed by atoms with E-state index in [1.54, 1.807) is 23.3 Å². The Morgan fingerprint density at radius 1 is 1.36 bits per heavy atom. The van der Waals surface area contributed by atoms with Crippen molar-refractivity contribution in [3.8, 4) is 5.82 Å². The normalized spacial score (nSPS) is 10.4. The van der Waals surface area contributed by atoms with Crippen molar-refractivity contribution < 1.29 is 0 Å². The molecule has 2 aromatic rings. The number of hydrogen-bond donors (Lipinski definition) is 0. The molecule has 0 saturated heterocycles. The first-order valence-corrected chi connectivity index (χ1v) is 5.51. The van der Waals surface area contributed by atoms with Gasteiger partial charge in [-0.15, -0.1) is 0 Å². The second kappa shape index (κ2) is 4.11. The number of halogens is 2. The SMILES string of the molecule is Clc1cnn(-c2ccc(CBr)cn2)c1. The Hall–Kier alpha value is -0.870. The molecule has 0 radical (unpaired) electrons. The van der Waals surface area contributed by atoms with Crippen LogP contribution in [0.3, 0.4) is 0 Å². The fraction of sp³-hybridized carbons (Fsp3) is 0.111. The van der Waals surface area contributed by atoms with Crippen LogP contribution in [-0.4, -0.2) is 14.8 Å². The van der Waals surface area contributed by atoms with Gasteiger partial charge in [0.05, 0.1) is 17.4 Å². The number of nitrogens with zero attached hydrogens (tertiary/aromatic N) is 3. The van der Waals surface area contributed by atoms with Gasteiger partial charge in [-0.3, -0.25) is 0 Å². The van der Waals surface area contributed by atoms with E-state index in [-0.39, 0.29) is 0 Å². The molecule has 14 heavy (non-hydrogen) atoms. The Labute approximate surface area is 94.9 Å². The number of pyridine rings is 1. The van der Waals surface area contributed by atoms with E-state index in [4.69, 9.17) is 11.6 Å². The first-order valence-electron chi connectivity index (χ1n) is 4.01. The van der Waals surface area contributed by atoms with Crippen LogP contribution in [0, 0.1) is 0 Å². The molecule has 3 nitrogen and oxygen atoms in total. The summed E-state index contributed by atoms with van der Waals surface area (Å²) in [6.07, 6.45) is 5.11. The van der Waals surface area contributed by atoms with Crippen molar-refractivity contribution in [1.29, 1.82) is 0 Å². The first kappa shape index (κ1) is 9.68. The second-order valence-electron chi connectivity index (χ2n) is 2.76. The lowest BCUT2D eigenvalue weighted by molar-refractivity contribution is 0.845. The topological polar surface area (TPSA) is 30.7 Å². The molecule has 0 aliphatic carbocycles. The molecule has 0 unspecified atom stereocenters. The van der Waals surface area contributed by atoms with Gasteiger partial charge in [-0.05, 0) is 11.6 Å². The summed E-state index contributed by atoms with van der Waals surface area (Å²) in [6.45, 7) is 0. The van der Waals surface area contributed by atoms with E-state index in [0.29, 0.717) is 5.02 Å². The van der Waals surface area contributed by atoms with Crippen LogP contribution in [0.25, 0.3) is 5.82 Å². The molecule has 0 bridgehead atoms. The maximum Gasteiger partial charge on any atom is 0.153 e. The molecule has 0 fully saturated rings. The smallest absolute Gasteiger partial charge is 0.153 e. The predicted octanol–water partition coefficient (Wildman–Crippen LogP) is 2.82. The summed E-state index contributed by atoms with van der Waals surface area (Å²) >= 11 is 9.11. The first-order chi connectivity index (χ1) is 6.79. The van der Waals surface area contributed by atoms with Gasteiger partial charge in [-0.2, -0.15) is 5.10 Å². The monoisotopic (exact) mass is 271 g/mol. The minimum atomic E-state index is 0.608. The highest BCUT2D eigenvalue weighted by atomic mass is 79.9. The zero-order chi connectivity index (χ0) is 9.97. The van der Waals surface area contributed by atoms with E-state index >= 15 is 0 Å². The van der Waals surface area contributed by atoms with Crippen LogP contribution in [0.2, 0.25) is 5.02 Å². The minimum Gasteiger partial charge on any atom is -0.237 e. The summed E-state index contributed by atoms with van der Waals surface area (Å²) in [5.74, 6) is 0.765. The molecule has 2 rings (SSSR count). The van der Waals surface area contributed by atoms with Gasteiger partial charge in [-0.25, -0.2) is 9.67 Å². The fourth-order valence-electron chi connectivity index (χ4n) is 1.06. The minimum absolute atomic E-state index is 0.608. The second-order valence-corrected chi connectivity index (χ2v) is 3.76. The fourth-order valence-corrected chi connectivity index (χ4v) is 1.53.